The van der Waals surface area contributed by atoms with Gasteiger partial charge in [-0.05, 0) is 18.4 Å². The average molecular weight is 365 g/mol. The van der Waals surface area contributed by atoms with E-state index in [-0.39, 0.29) is 6.61 Å². The van der Waals surface area contributed by atoms with E-state index in [2.05, 4.69) is 4.98 Å². The number of imidazole rings is 1. The van der Waals surface area contributed by atoms with Crippen LogP contribution in [0.4, 0.5) is 0 Å². The summed E-state index contributed by atoms with van der Waals surface area (Å²) in [5, 5.41) is 30.7. The summed E-state index contributed by atoms with van der Waals surface area (Å²) in [7, 11) is 0. The average Bonchev–Trinajstić information content (AvgIpc) is 2.98. The van der Waals surface area contributed by atoms with Crippen molar-refractivity contribution < 1.29 is 20.1 Å². The van der Waals surface area contributed by atoms with Crippen LogP contribution in [0.2, 0.25) is 10.0 Å². The highest BCUT2D eigenvalue weighted by Crippen LogP contribution is 2.37. The lowest BCUT2D eigenvalue weighted by Crippen LogP contribution is -2.33. The summed E-state index contributed by atoms with van der Waals surface area (Å²) in [6, 6.07) is 3.28. The Hall–Kier alpha value is -0.540. The summed E-state index contributed by atoms with van der Waals surface area (Å²) < 4.78 is 7.24. The van der Waals surface area contributed by atoms with Crippen LogP contribution in [-0.2, 0) is 4.74 Å². The van der Waals surface area contributed by atoms with Crippen molar-refractivity contribution in [2.24, 2.45) is 0 Å². The molecule has 1 aromatic carbocycles. The Labute approximate surface area is 140 Å². The van der Waals surface area contributed by atoms with Gasteiger partial charge in [0.2, 0.25) is 0 Å². The summed E-state index contributed by atoms with van der Waals surface area (Å²) in [6.07, 6.45) is -2.24. The molecule has 1 saturated heterocycles. The molecule has 0 saturated carbocycles. The zero-order chi connectivity index (χ0) is 16.0. The molecule has 9 heteroatoms. The van der Waals surface area contributed by atoms with E-state index >= 15 is 0 Å². The minimum Gasteiger partial charge on any atom is -0.394 e. The minimum atomic E-state index is -1.19. The number of aliphatic hydroxyl groups excluding tert-OH is 3. The third-order valence-electron chi connectivity index (χ3n) is 3.65. The molecule has 0 amide bonds. The highest BCUT2D eigenvalue weighted by Gasteiger charge is 2.44. The van der Waals surface area contributed by atoms with E-state index < -0.39 is 24.5 Å². The zero-order valence-corrected chi connectivity index (χ0v) is 13.8. The molecule has 3 rings (SSSR count). The molecule has 6 nitrogen and oxygen atoms in total. The van der Waals surface area contributed by atoms with Gasteiger partial charge in [0.15, 0.2) is 11.4 Å². The normalized spacial score (nSPS) is 28.6. The van der Waals surface area contributed by atoms with Gasteiger partial charge in [0, 0.05) is 0 Å². The van der Waals surface area contributed by atoms with Gasteiger partial charge in [-0.1, -0.05) is 35.0 Å². The first-order chi connectivity index (χ1) is 10.5. The second kappa shape index (κ2) is 6.16. The number of halogens is 2. The number of aromatic nitrogens is 2. The first-order valence-electron chi connectivity index (χ1n) is 6.51. The molecular weight excluding hydrogens is 351 g/mol. The van der Waals surface area contributed by atoms with Crippen molar-refractivity contribution in [3.63, 3.8) is 0 Å². The van der Waals surface area contributed by atoms with Gasteiger partial charge in [0.05, 0.1) is 27.7 Å². The largest absolute Gasteiger partial charge is 0.394 e. The lowest BCUT2D eigenvalue weighted by Gasteiger charge is -2.19. The Morgan fingerprint density at radius 2 is 1.95 bits per heavy atom. The molecule has 3 N–H and O–H groups in total. The lowest BCUT2D eigenvalue weighted by molar-refractivity contribution is -0.0545. The van der Waals surface area contributed by atoms with Crippen molar-refractivity contribution in [3.8, 4) is 0 Å². The fourth-order valence-electron chi connectivity index (χ4n) is 2.55. The maximum atomic E-state index is 10.2. The maximum Gasteiger partial charge on any atom is 0.170 e. The number of hydrogen-bond donors (Lipinski definition) is 3. The fraction of sp³-hybridized carbons (Fsp3) is 0.462. The van der Waals surface area contributed by atoms with E-state index in [0.29, 0.717) is 26.2 Å². The maximum absolute atomic E-state index is 10.2. The Morgan fingerprint density at radius 3 is 2.55 bits per heavy atom. The summed E-state index contributed by atoms with van der Waals surface area (Å²) in [6.45, 7) is -0.386. The van der Waals surface area contributed by atoms with Gasteiger partial charge in [-0.15, -0.1) is 0 Å². The highest BCUT2D eigenvalue weighted by atomic mass is 35.5. The van der Waals surface area contributed by atoms with Crippen molar-refractivity contribution >= 4 is 46.0 Å². The fourth-order valence-corrected chi connectivity index (χ4v) is 3.46. The van der Waals surface area contributed by atoms with Gasteiger partial charge < -0.3 is 20.1 Å². The molecule has 1 aliphatic heterocycles. The van der Waals surface area contributed by atoms with Crippen molar-refractivity contribution in [1.82, 2.24) is 9.55 Å². The van der Waals surface area contributed by atoms with E-state index in [1.165, 1.54) is 11.8 Å². The summed E-state index contributed by atoms with van der Waals surface area (Å²) in [4.78, 5) is 4.44. The molecule has 2 aromatic rings. The zero-order valence-electron chi connectivity index (χ0n) is 11.5. The Bertz CT molecular complexity index is 711. The van der Waals surface area contributed by atoms with Crippen LogP contribution in [0.15, 0.2) is 17.3 Å². The van der Waals surface area contributed by atoms with Crippen molar-refractivity contribution in [3.05, 3.63) is 22.2 Å². The van der Waals surface area contributed by atoms with Crippen LogP contribution < -0.4 is 0 Å². The number of aliphatic hydroxyl groups is 3. The topological polar surface area (TPSA) is 87.7 Å². The summed E-state index contributed by atoms with van der Waals surface area (Å²) >= 11 is 13.4. The van der Waals surface area contributed by atoms with E-state index in [1.807, 2.05) is 6.26 Å². The van der Waals surface area contributed by atoms with Gasteiger partial charge in [-0.3, -0.25) is 4.57 Å². The van der Waals surface area contributed by atoms with Crippen LogP contribution in [0.1, 0.15) is 6.23 Å². The van der Waals surface area contributed by atoms with Crippen molar-refractivity contribution in [2.75, 3.05) is 12.9 Å². The SMILES string of the molecule is CSc1nc2cc(Cl)c(Cl)cc2n1[C@@H]1O[C@H](CO)[C@H](O)[C@@H]1O. The molecule has 120 valence electrons. The molecule has 0 spiro atoms. The molecular formula is C13H14Cl2N2O4S. The Morgan fingerprint density at radius 1 is 1.27 bits per heavy atom. The predicted octanol–water partition coefficient (Wildman–Crippen LogP) is 1.68. The first kappa shape index (κ1) is 16.3. The number of benzene rings is 1. The quantitative estimate of drug-likeness (QED) is 0.718. The van der Waals surface area contributed by atoms with E-state index in [0.717, 1.165) is 0 Å². The third-order valence-corrected chi connectivity index (χ3v) is 5.03. The molecule has 4 atom stereocenters. The lowest BCUT2D eigenvalue weighted by atomic mass is 10.1. The minimum absolute atomic E-state index is 0.356. The van der Waals surface area contributed by atoms with E-state index in [9.17, 15) is 15.3 Å². The third kappa shape index (κ3) is 2.50. The number of fused-ring (bicyclic) bond motifs is 1. The van der Waals surface area contributed by atoms with Crippen molar-refractivity contribution in [1.29, 1.82) is 0 Å². The second-order valence-electron chi connectivity index (χ2n) is 4.95. The molecule has 22 heavy (non-hydrogen) atoms. The standard InChI is InChI=1S/C13H14Cl2N2O4S/c1-22-13-16-7-2-5(14)6(15)3-8(7)17(13)12-11(20)10(19)9(4-18)21-12/h2-3,9-12,18-20H,4H2,1H3/t9-,10+,11+,12-/m1/s1. The van der Waals surface area contributed by atoms with Gasteiger partial charge in [0.1, 0.15) is 18.3 Å². The molecule has 0 bridgehead atoms. The van der Waals surface area contributed by atoms with Crippen LogP contribution in [0, 0.1) is 0 Å². The molecule has 1 aromatic heterocycles. The van der Waals surface area contributed by atoms with E-state index in [4.69, 9.17) is 27.9 Å². The van der Waals surface area contributed by atoms with E-state index in [1.54, 1.807) is 16.7 Å². The van der Waals surface area contributed by atoms with Gasteiger partial charge >= 0.3 is 0 Å². The highest BCUT2D eigenvalue weighted by molar-refractivity contribution is 7.98. The number of hydrogen-bond acceptors (Lipinski definition) is 6. The second-order valence-corrected chi connectivity index (χ2v) is 6.54. The first-order valence-corrected chi connectivity index (χ1v) is 8.49. The summed E-state index contributed by atoms with van der Waals surface area (Å²) in [5.41, 5.74) is 1.24. The molecule has 2 heterocycles. The number of ether oxygens (including phenoxy) is 1. The van der Waals surface area contributed by atoms with Gasteiger partial charge in [-0.2, -0.15) is 0 Å². The van der Waals surface area contributed by atoms with Crippen LogP contribution in [0.5, 0.6) is 0 Å². The van der Waals surface area contributed by atoms with Gasteiger partial charge in [-0.25, -0.2) is 4.98 Å². The smallest absolute Gasteiger partial charge is 0.170 e. The Balaban J connectivity index is 2.15. The number of nitrogens with zero attached hydrogens (tertiary/aromatic N) is 2. The Kier molecular flexibility index (Phi) is 4.57. The van der Waals surface area contributed by atoms with Gasteiger partial charge in [0.25, 0.3) is 0 Å². The van der Waals surface area contributed by atoms with Crippen LogP contribution >= 0.6 is 35.0 Å². The van der Waals surface area contributed by atoms with Crippen LogP contribution in [-0.4, -0.2) is 56.0 Å². The molecule has 0 unspecified atom stereocenters. The van der Waals surface area contributed by atoms with Crippen molar-refractivity contribution in [2.45, 2.75) is 29.7 Å². The molecule has 1 fully saturated rings. The molecule has 0 aliphatic carbocycles. The number of rotatable bonds is 3. The monoisotopic (exact) mass is 364 g/mol. The predicted molar refractivity (Wildman–Crippen MR) is 84.5 cm³/mol. The summed E-state index contributed by atoms with van der Waals surface area (Å²) in [5.74, 6) is 0. The van der Waals surface area contributed by atoms with Crippen LogP contribution in [0.3, 0.4) is 0 Å². The molecule has 0 radical (unpaired) electrons. The molecule has 1 aliphatic rings. The number of thioether (sulfide) groups is 1. The van der Waals surface area contributed by atoms with Crippen LogP contribution in [0.25, 0.3) is 11.0 Å².